The van der Waals surface area contributed by atoms with Crippen molar-refractivity contribution in [1.82, 2.24) is 0 Å². The molecule has 30 heavy (non-hydrogen) atoms. The summed E-state index contributed by atoms with van der Waals surface area (Å²) in [6, 6.07) is 10.5. The Hall–Kier alpha value is -3.24. The SMILES string of the molecule is CCN(CC)c1ccc2c(c1)OC(=CC1=CC(=C(C#N)C#N)CC(C)(C)C1)C=C2C. The van der Waals surface area contributed by atoms with Gasteiger partial charge < -0.3 is 9.64 Å². The molecule has 2 aliphatic rings. The van der Waals surface area contributed by atoms with Gasteiger partial charge in [0.25, 0.3) is 0 Å². The molecule has 0 atom stereocenters. The minimum Gasteiger partial charge on any atom is -0.457 e. The van der Waals surface area contributed by atoms with Gasteiger partial charge in [-0.1, -0.05) is 19.9 Å². The van der Waals surface area contributed by atoms with Crippen molar-refractivity contribution in [2.45, 2.75) is 47.5 Å². The summed E-state index contributed by atoms with van der Waals surface area (Å²) in [4.78, 5) is 2.30. The van der Waals surface area contributed by atoms with E-state index in [4.69, 9.17) is 4.74 Å². The van der Waals surface area contributed by atoms with E-state index >= 15 is 0 Å². The molecule has 4 nitrogen and oxygen atoms in total. The minimum absolute atomic E-state index is 0.0172. The molecule has 3 rings (SSSR count). The van der Waals surface area contributed by atoms with Crippen molar-refractivity contribution < 1.29 is 4.74 Å². The van der Waals surface area contributed by atoms with Crippen LogP contribution in [0.3, 0.4) is 0 Å². The zero-order chi connectivity index (χ0) is 21.9. The molecule has 0 saturated heterocycles. The molecule has 0 N–H and O–H groups in total. The van der Waals surface area contributed by atoms with Gasteiger partial charge in [-0.05, 0) is 80.0 Å². The molecule has 0 bridgehead atoms. The number of ether oxygens (including phenoxy) is 1. The molecule has 1 aliphatic carbocycles. The lowest BCUT2D eigenvalue weighted by atomic mass is 9.74. The molecule has 0 spiro atoms. The Bertz CT molecular complexity index is 1030. The van der Waals surface area contributed by atoms with Gasteiger partial charge in [0.05, 0.1) is 0 Å². The van der Waals surface area contributed by atoms with Gasteiger partial charge >= 0.3 is 0 Å². The lowest BCUT2D eigenvalue weighted by Crippen LogP contribution is -2.22. The number of hydrogen-bond acceptors (Lipinski definition) is 4. The highest BCUT2D eigenvalue weighted by molar-refractivity contribution is 5.76. The molecule has 1 heterocycles. The minimum atomic E-state index is -0.0172. The Labute approximate surface area is 180 Å². The van der Waals surface area contributed by atoms with Crippen LogP contribution >= 0.6 is 0 Å². The van der Waals surface area contributed by atoms with E-state index in [0.717, 1.165) is 65.4 Å². The van der Waals surface area contributed by atoms with Crippen LogP contribution in [-0.4, -0.2) is 13.1 Å². The molecule has 0 saturated carbocycles. The van der Waals surface area contributed by atoms with Crippen molar-refractivity contribution >= 4 is 11.3 Å². The molecule has 4 heteroatoms. The van der Waals surface area contributed by atoms with Crippen LogP contribution in [0.1, 0.15) is 53.0 Å². The van der Waals surface area contributed by atoms with Crippen LogP contribution in [0.5, 0.6) is 5.75 Å². The van der Waals surface area contributed by atoms with Gasteiger partial charge in [-0.15, -0.1) is 0 Å². The smallest absolute Gasteiger partial charge is 0.136 e. The second-order valence-electron chi connectivity index (χ2n) is 8.69. The van der Waals surface area contributed by atoms with Crippen LogP contribution in [0.25, 0.3) is 5.57 Å². The predicted molar refractivity (Wildman–Crippen MR) is 122 cm³/mol. The van der Waals surface area contributed by atoms with Gasteiger partial charge in [-0.25, -0.2) is 0 Å². The number of hydrogen-bond donors (Lipinski definition) is 0. The number of anilines is 1. The van der Waals surface area contributed by atoms with E-state index in [2.05, 4.69) is 63.8 Å². The number of allylic oxidation sites excluding steroid dienone is 7. The van der Waals surface area contributed by atoms with Gasteiger partial charge in [0.1, 0.15) is 29.2 Å². The van der Waals surface area contributed by atoms with Gasteiger partial charge in [0, 0.05) is 30.4 Å². The summed E-state index contributed by atoms with van der Waals surface area (Å²) in [5, 5.41) is 18.6. The number of rotatable bonds is 4. The number of benzene rings is 1. The lowest BCUT2D eigenvalue weighted by molar-refractivity contribution is 0.353. The van der Waals surface area contributed by atoms with Crippen LogP contribution < -0.4 is 9.64 Å². The first-order valence-electron chi connectivity index (χ1n) is 10.5. The summed E-state index contributed by atoms with van der Waals surface area (Å²) >= 11 is 0. The quantitative estimate of drug-likeness (QED) is 0.557. The molecule has 0 amide bonds. The summed E-state index contributed by atoms with van der Waals surface area (Å²) in [5.74, 6) is 1.65. The monoisotopic (exact) mass is 399 g/mol. The third kappa shape index (κ3) is 4.50. The normalized spacial score (nSPS) is 18.4. The van der Waals surface area contributed by atoms with Crippen LogP contribution in [0.15, 0.2) is 58.9 Å². The highest BCUT2D eigenvalue weighted by Gasteiger charge is 2.27. The zero-order valence-electron chi connectivity index (χ0n) is 18.5. The maximum absolute atomic E-state index is 9.30. The number of nitrogens with zero attached hydrogens (tertiary/aromatic N) is 3. The van der Waals surface area contributed by atoms with Crippen LogP contribution in [-0.2, 0) is 0 Å². The molecule has 154 valence electrons. The van der Waals surface area contributed by atoms with Crippen molar-refractivity contribution in [3.8, 4) is 17.9 Å². The first kappa shape index (κ1) is 21.5. The highest BCUT2D eigenvalue weighted by atomic mass is 16.5. The maximum Gasteiger partial charge on any atom is 0.136 e. The topological polar surface area (TPSA) is 60.0 Å². The Morgan fingerprint density at radius 3 is 2.47 bits per heavy atom. The van der Waals surface area contributed by atoms with Crippen molar-refractivity contribution in [1.29, 1.82) is 10.5 Å². The standard InChI is InChI=1S/C26H29N3O/c1-6-29(7-2)22-8-9-24-18(3)10-23(30-25(24)13-22)12-19-11-20(21(16-27)17-28)15-26(4,5)14-19/h8-13H,6-7,14-15H2,1-5H3. The fraction of sp³-hybridized carbons (Fsp3) is 0.385. The third-order valence-corrected chi connectivity index (χ3v) is 5.69. The predicted octanol–water partition coefficient (Wildman–Crippen LogP) is 6.30. The second kappa shape index (κ2) is 8.64. The molecular weight excluding hydrogens is 370 g/mol. The van der Waals surface area contributed by atoms with Crippen molar-refractivity contribution in [2.75, 3.05) is 18.0 Å². The van der Waals surface area contributed by atoms with E-state index in [0.29, 0.717) is 0 Å². The molecular formula is C26H29N3O. The summed E-state index contributed by atoms with van der Waals surface area (Å²) in [7, 11) is 0. The lowest BCUT2D eigenvalue weighted by Gasteiger charge is -2.31. The van der Waals surface area contributed by atoms with Crippen LogP contribution in [0.4, 0.5) is 5.69 Å². The van der Waals surface area contributed by atoms with E-state index in [1.54, 1.807) is 0 Å². The number of fused-ring (bicyclic) bond motifs is 1. The van der Waals surface area contributed by atoms with Crippen molar-refractivity contribution in [3.63, 3.8) is 0 Å². The Balaban J connectivity index is 1.99. The third-order valence-electron chi connectivity index (χ3n) is 5.69. The van der Waals surface area contributed by atoms with Gasteiger partial charge in [-0.2, -0.15) is 10.5 Å². The highest BCUT2D eigenvalue weighted by Crippen LogP contribution is 2.41. The average molecular weight is 400 g/mol. The van der Waals surface area contributed by atoms with Crippen LogP contribution in [0, 0.1) is 28.1 Å². The van der Waals surface area contributed by atoms with Crippen LogP contribution in [0.2, 0.25) is 0 Å². The van der Waals surface area contributed by atoms with Crippen molar-refractivity contribution in [2.24, 2.45) is 5.41 Å². The van der Waals surface area contributed by atoms with E-state index in [1.807, 2.05) is 24.3 Å². The first-order chi connectivity index (χ1) is 14.3. The molecule has 1 aliphatic heterocycles. The van der Waals surface area contributed by atoms with Gasteiger partial charge in [0.2, 0.25) is 0 Å². The Morgan fingerprint density at radius 1 is 1.13 bits per heavy atom. The summed E-state index contributed by atoms with van der Waals surface area (Å²) in [6.07, 6.45) is 7.67. The maximum atomic E-state index is 9.30. The van der Waals surface area contributed by atoms with Gasteiger partial charge in [-0.3, -0.25) is 0 Å². The summed E-state index contributed by atoms with van der Waals surface area (Å²) < 4.78 is 6.27. The average Bonchev–Trinajstić information content (AvgIpc) is 2.68. The Kier molecular flexibility index (Phi) is 6.18. The molecule has 0 aromatic heterocycles. The van der Waals surface area contributed by atoms with E-state index < -0.39 is 0 Å². The fourth-order valence-corrected chi connectivity index (χ4v) is 4.29. The largest absolute Gasteiger partial charge is 0.457 e. The Morgan fingerprint density at radius 2 is 1.83 bits per heavy atom. The molecule has 0 radical (unpaired) electrons. The van der Waals surface area contributed by atoms with Gasteiger partial charge in [0.15, 0.2) is 0 Å². The zero-order valence-corrected chi connectivity index (χ0v) is 18.5. The number of nitriles is 2. The van der Waals surface area contributed by atoms with E-state index in [1.165, 1.54) is 0 Å². The van der Waals surface area contributed by atoms with Crippen molar-refractivity contribution in [3.05, 3.63) is 64.5 Å². The molecule has 1 aromatic carbocycles. The summed E-state index contributed by atoms with van der Waals surface area (Å²) in [6.45, 7) is 12.6. The summed E-state index contributed by atoms with van der Waals surface area (Å²) in [5.41, 5.74) is 5.49. The first-order valence-corrected chi connectivity index (χ1v) is 10.5. The van der Waals surface area contributed by atoms with E-state index in [9.17, 15) is 10.5 Å². The fourth-order valence-electron chi connectivity index (χ4n) is 4.29. The second-order valence-corrected chi connectivity index (χ2v) is 8.69. The molecule has 0 fully saturated rings. The molecule has 1 aromatic rings. The molecule has 0 unspecified atom stereocenters. The van der Waals surface area contributed by atoms with E-state index in [-0.39, 0.29) is 11.0 Å².